The Bertz CT molecular complexity index is 511. The van der Waals surface area contributed by atoms with Crippen LogP contribution in [0.3, 0.4) is 0 Å². The van der Waals surface area contributed by atoms with Crippen LogP contribution in [0.4, 0.5) is 4.79 Å². The van der Waals surface area contributed by atoms with E-state index in [0.29, 0.717) is 13.2 Å². The molecule has 0 aromatic rings. The lowest BCUT2D eigenvalue weighted by Gasteiger charge is -2.45. The van der Waals surface area contributed by atoms with Crippen molar-refractivity contribution in [3.63, 3.8) is 0 Å². The standard InChI is InChI=1S/C13H26N3O4PS3/c1-12(2,3)16(21(22)19-8-13(4,5)9-20-21)24-23-10(14)7-18-11(17)15-6/h14H,7-9H2,1-6H3,(H,15,17). The molecule has 140 valence electrons. The van der Waals surface area contributed by atoms with Crippen LogP contribution in [0.5, 0.6) is 0 Å². The summed E-state index contributed by atoms with van der Waals surface area (Å²) >= 11 is 5.70. The number of hydrogen-bond acceptors (Lipinski definition) is 8. The van der Waals surface area contributed by atoms with Crippen LogP contribution in [0.1, 0.15) is 34.6 Å². The lowest BCUT2D eigenvalue weighted by Crippen LogP contribution is -2.39. The largest absolute Gasteiger partial charge is 0.442 e. The van der Waals surface area contributed by atoms with E-state index in [2.05, 4.69) is 19.2 Å². The summed E-state index contributed by atoms with van der Waals surface area (Å²) in [6, 6.07) is 0. The van der Waals surface area contributed by atoms with Crippen LogP contribution in [0, 0.1) is 10.8 Å². The second-order valence-corrected chi connectivity index (χ2v) is 12.7. The molecule has 0 unspecified atom stereocenters. The maximum absolute atomic E-state index is 11.1. The Kier molecular flexibility index (Phi) is 8.06. The average Bonchev–Trinajstić information content (AvgIpc) is 2.47. The van der Waals surface area contributed by atoms with Crippen LogP contribution < -0.4 is 5.32 Å². The summed E-state index contributed by atoms with van der Waals surface area (Å²) in [6.45, 7) is 8.56. The van der Waals surface area contributed by atoms with Gasteiger partial charge in [0.05, 0.1) is 13.2 Å². The highest BCUT2D eigenvalue weighted by Gasteiger charge is 2.43. The minimum Gasteiger partial charge on any atom is -0.442 e. The van der Waals surface area contributed by atoms with Gasteiger partial charge >= 0.3 is 6.09 Å². The first-order chi connectivity index (χ1) is 10.9. The maximum Gasteiger partial charge on any atom is 0.407 e. The third-order valence-corrected chi connectivity index (χ3v) is 9.75. The fourth-order valence-corrected chi connectivity index (χ4v) is 8.79. The van der Waals surface area contributed by atoms with Gasteiger partial charge in [-0.25, -0.2) is 4.79 Å². The van der Waals surface area contributed by atoms with Gasteiger partial charge in [0.1, 0.15) is 11.7 Å². The molecular weight excluding hydrogens is 389 g/mol. The van der Waals surface area contributed by atoms with Gasteiger partial charge in [0.15, 0.2) is 0 Å². The van der Waals surface area contributed by atoms with Crippen molar-refractivity contribution >= 4 is 51.4 Å². The molecule has 1 fully saturated rings. The number of alkyl carbamates (subject to hydrolysis) is 1. The molecule has 0 spiro atoms. The zero-order valence-corrected chi connectivity index (χ0v) is 18.2. The Balaban J connectivity index is 2.69. The molecule has 2 N–H and O–H groups in total. The molecule has 1 amide bonds. The van der Waals surface area contributed by atoms with E-state index in [1.54, 1.807) is 0 Å². The van der Waals surface area contributed by atoms with Crippen LogP contribution in [-0.2, 0) is 25.6 Å². The summed E-state index contributed by atoms with van der Waals surface area (Å²) in [6.07, 6.45) is -0.563. The molecule has 0 radical (unpaired) electrons. The molecule has 11 heteroatoms. The second kappa shape index (κ2) is 8.70. The highest BCUT2D eigenvalue weighted by Crippen LogP contribution is 2.64. The minimum absolute atomic E-state index is 0.0578. The average molecular weight is 416 g/mol. The fraction of sp³-hybridized carbons (Fsp3) is 0.846. The van der Waals surface area contributed by atoms with Crippen molar-refractivity contribution in [2.45, 2.75) is 40.2 Å². The van der Waals surface area contributed by atoms with E-state index in [1.165, 1.54) is 28.8 Å². The van der Waals surface area contributed by atoms with E-state index >= 15 is 0 Å². The number of rotatable bonds is 5. The Morgan fingerprint density at radius 1 is 1.42 bits per heavy atom. The fourth-order valence-electron chi connectivity index (χ4n) is 1.52. The van der Waals surface area contributed by atoms with Crippen molar-refractivity contribution in [2.24, 2.45) is 5.41 Å². The molecule has 0 aromatic heterocycles. The quantitative estimate of drug-likeness (QED) is 0.229. The second-order valence-electron chi connectivity index (χ2n) is 7.03. The van der Waals surface area contributed by atoms with E-state index in [0.717, 1.165) is 0 Å². The highest BCUT2D eigenvalue weighted by atomic mass is 33.1. The molecular formula is C13H26N3O4PS3. The number of carbonyl (C=O) groups excluding carboxylic acids is 1. The van der Waals surface area contributed by atoms with Gasteiger partial charge in [0.25, 0.3) is 6.64 Å². The topological polar surface area (TPSA) is 83.9 Å². The van der Waals surface area contributed by atoms with Gasteiger partial charge in [-0.05, 0) is 43.4 Å². The first-order valence-corrected chi connectivity index (χ1v) is 12.1. The molecule has 0 atom stereocenters. The number of hydrogen-bond donors (Lipinski definition) is 2. The third-order valence-electron chi connectivity index (χ3n) is 2.78. The maximum atomic E-state index is 11.1. The Morgan fingerprint density at radius 3 is 2.42 bits per heavy atom. The van der Waals surface area contributed by atoms with E-state index in [4.69, 9.17) is 31.0 Å². The van der Waals surface area contributed by atoms with Crippen molar-refractivity contribution in [1.82, 2.24) is 9.39 Å². The van der Waals surface area contributed by atoms with Crippen molar-refractivity contribution < 1.29 is 18.6 Å². The SMILES string of the molecule is CNC(=O)OCC(=N)SSN(C(C)(C)C)P1(=S)OCC(C)(C)CO1. The first kappa shape index (κ1) is 22.2. The van der Waals surface area contributed by atoms with Gasteiger partial charge in [0.2, 0.25) is 0 Å². The minimum atomic E-state index is -2.63. The van der Waals surface area contributed by atoms with Gasteiger partial charge in [-0.1, -0.05) is 13.8 Å². The summed E-state index contributed by atoms with van der Waals surface area (Å²) in [5.41, 5.74) is -0.367. The normalized spacial score (nSPS) is 19.8. The summed E-state index contributed by atoms with van der Waals surface area (Å²) in [5, 5.41) is 10.4. The monoisotopic (exact) mass is 415 g/mol. The van der Waals surface area contributed by atoms with Crippen LogP contribution in [0.2, 0.25) is 0 Å². The smallest absolute Gasteiger partial charge is 0.407 e. The zero-order chi connectivity index (χ0) is 18.6. The van der Waals surface area contributed by atoms with Gasteiger partial charge < -0.3 is 19.1 Å². The lowest BCUT2D eigenvalue weighted by atomic mass is 9.97. The molecule has 0 aliphatic carbocycles. The first-order valence-electron chi connectivity index (χ1n) is 7.36. The Hall–Kier alpha value is 0.170. The van der Waals surface area contributed by atoms with Crippen molar-refractivity contribution in [3.05, 3.63) is 0 Å². The predicted octanol–water partition coefficient (Wildman–Crippen LogP) is 4.01. The van der Waals surface area contributed by atoms with Crippen molar-refractivity contribution in [1.29, 1.82) is 5.41 Å². The number of carbonyl (C=O) groups is 1. The zero-order valence-electron chi connectivity index (χ0n) is 14.9. The van der Waals surface area contributed by atoms with Crippen LogP contribution in [0.15, 0.2) is 0 Å². The van der Waals surface area contributed by atoms with E-state index in [1.807, 2.05) is 24.8 Å². The van der Waals surface area contributed by atoms with Gasteiger partial charge in [-0.15, -0.1) is 0 Å². The number of nitrogens with zero attached hydrogens (tertiary/aromatic N) is 1. The summed E-state index contributed by atoms with van der Waals surface area (Å²) in [4.78, 5) is 11.1. The molecule has 1 aliphatic rings. The predicted molar refractivity (Wildman–Crippen MR) is 105 cm³/mol. The molecule has 0 saturated carbocycles. The summed E-state index contributed by atoms with van der Waals surface area (Å²) in [5.74, 6) is 0. The third kappa shape index (κ3) is 6.82. The van der Waals surface area contributed by atoms with Crippen LogP contribution in [-0.4, -0.2) is 47.6 Å². The number of amides is 1. The molecule has 1 saturated heterocycles. The Labute approximate surface area is 157 Å². The van der Waals surface area contributed by atoms with Gasteiger partial charge in [-0.3, -0.25) is 5.41 Å². The van der Waals surface area contributed by atoms with Crippen LogP contribution in [0.25, 0.3) is 0 Å². The van der Waals surface area contributed by atoms with E-state index in [9.17, 15) is 4.79 Å². The molecule has 0 aromatic carbocycles. The highest BCUT2D eigenvalue weighted by molar-refractivity contribution is 8.82. The summed E-state index contributed by atoms with van der Waals surface area (Å²) < 4.78 is 18.7. The van der Waals surface area contributed by atoms with Gasteiger partial charge in [-0.2, -0.15) is 4.08 Å². The molecule has 1 heterocycles. The van der Waals surface area contributed by atoms with Crippen molar-refractivity contribution in [3.8, 4) is 0 Å². The molecule has 0 bridgehead atoms. The number of nitrogens with one attached hydrogen (secondary N) is 2. The lowest BCUT2D eigenvalue weighted by molar-refractivity contribution is 0.0454. The molecule has 7 nitrogen and oxygen atoms in total. The van der Waals surface area contributed by atoms with Gasteiger partial charge in [0, 0.05) is 29.0 Å². The Morgan fingerprint density at radius 2 is 1.96 bits per heavy atom. The molecule has 1 rings (SSSR count). The van der Waals surface area contributed by atoms with E-state index in [-0.39, 0.29) is 22.6 Å². The van der Waals surface area contributed by atoms with Crippen LogP contribution >= 0.6 is 28.4 Å². The molecule has 1 aliphatic heterocycles. The number of ether oxygens (including phenoxy) is 1. The molecule has 24 heavy (non-hydrogen) atoms. The summed E-state index contributed by atoms with van der Waals surface area (Å²) in [7, 11) is 3.96. The van der Waals surface area contributed by atoms with E-state index < -0.39 is 12.7 Å². The van der Waals surface area contributed by atoms with Crippen molar-refractivity contribution in [2.75, 3.05) is 26.9 Å².